The Morgan fingerprint density at radius 1 is 1.25 bits per heavy atom. The van der Waals surface area contributed by atoms with Gasteiger partial charge in [0.15, 0.2) is 0 Å². The predicted octanol–water partition coefficient (Wildman–Crippen LogP) is -0.408. The first-order valence-corrected chi connectivity index (χ1v) is 7.35. The number of nitrogens with one attached hydrogen (secondary N) is 2. The molecule has 0 bridgehead atoms. The number of nitrogens with zero attached hydrogens (tertiary/aromatic N) is 1. The highest BCUT2D eigenvalue weighted by Gasteiger charge is 2.45. The molecule has 0 aromatic rings. The van der Waals surface area contributed by atoms with Gasteiger partial charge in [-0.2, -0.15) is 0 Å². The molecule has 2 rings (SSSR count). The summed E-state index contributed by atoms with van der Waals surface area (Å²) in [6.07, 6.45) is -0.00644. The van der Waals surface area contributed by atoms with E-state index in [1.807, 2.05) is 20.8 Å². The van der Waals surface area contributed by atoms with Crippen molar-refractivity contribution in [2.24, 2.45) is 11.8 Å². The molecule has 2 aliphatic rings. The van der Waals surface area contributed by atoms with Crippen LogP contribution in [-0.2, 0) is 14.3 Å². The van der Waals surface area contributed by atoms with Crippen molar-refractivity contribution in [2.45, 2.75) is 39.0 Å². The molecule has 2 saturated heterocycles. The van der Waals surface area contributed by atoms with Gasteiger partial charge >= 0.3 is 0 Å². The normalized spacial score (nSPS) is 37.8. The van der Waals surface area contributed by atoms with Gasteiger partial charge in [0.25, 0.3) is 0 Å². The molecule has 0 aromatic heterocycles. The Hall–Kier alpha value is -1.14. The van der Waals surface area contributed by atoms with Crippen molar-refractivity contribution in [3.8, 4) is 0 Å². The first kappa shape index (κ1) is 15.3. The number of hydrogen-bond acceptors (Lipinski definition) is 4. The molecule has 2 aliphatic heterocycles. The van der Waals surface area contributed by atoms with Crippen molar-refractivity contribution in [1.82, 2.24) is 15.5 Å². The van der Waals surface area contributed by atoms with Gasteiger partial charge in [0.1, 0.15) is 6.04 Å². The summed E-state index contributed by atoms with van der Waals surface area (Å²) in [4.78, 5) is 26.5. The summed E-state index contributed by atoms with van der Waals surface area (Å²) < 4.78 is 5.76. The molecule has 0 spiro atoms. The third-order valence-electron chi connectivity index (χ3n) is 4.60. The molecule has 0 aromatic carbocycles. The first-order chi connectivity index (χ1) is 9.47. The number of ether oxygens (including phenoxy) is 1. The fourth-order valence-electron chi connectivity index (χ4n) is 3.25. The Balaban J connectivity index is 2.15. The van der Waals surface area contributed by atoms with Crippen LogP contribution in [0, 0.1) is 11.8 Å². The second kappa shape index (κ2) is 6.10. The third-order valence-corrected chi connectivity index (χ3v) is 4.60. The number of hydrogen-bond donors (Lipinski definition) is 2. The van der Waals surface area contributed by atoms with Gasteiger partial charge < -0.3 is 20.3 Å². The van der Waals surface area contributed by atoms with Crippen LogP contribution < -0.4 is 10.6 Å². The molecule has 20 heavy (non-hydrogen) atoms. The van der Waals surface area contributed by atoms with Crippen molar-refractivity contribution in [2.75, 3.05) is 26.7 Å². The van der Waals surface area contributed by atoms with E-state index in [0.29, 0.717) is 13.1 Å². The minimum Gasteiger partial charge on any atom is -0.374 e. The SMILES string of the molecule is CNC(=O)C1CNCCN1C(=O)C1C(C)OC(C)C1C. The summed E-state index contributed by atoms with van der Waals surface area (Å²) in [6.45, 7) is 7.81. The maximum atomic E-state index is 12.8. The minimum absolute atomic E-state index is 0.0458. The van der Waals surface area contributed by atoms with Gasteiger partial charge in [-0.1, -0.05) is 6.92 Å². The average Bonchev–Trinajstić information content (AvgIpc) is 2.70. The topological polar surface area (TPSA) is 70.7 Å². The molecular formula is C14H25N3O3. The second-order valence-electron chi connectivity index (χ2n) is 5.80. The van der Waals surface area contributed by atoms with E-state index in [1.165, 1.54) is 0 Å². The smallest absolute Gasteiger partial charge is 0.243 e. The molecular weight excluding hydrogens is 258 g/mol. The van der Waals surface area contributed by atoms with Gasteiger partial charge in [-0.05, 0) is 19.8 Å². The number of carbonyl (C=O) groups excluding carboxylic acids is 2. The highest BCUT2D eigenvalue weighted by Crippen LogP contribution is 2.34. The first-order valence-electron chi connectivity index (χ1n) is 7.35. The van der Waals surface area contributed by atoms with Gasteiger partial charge in [-0.15, -0.1) is 0 Å². The lowest BCUT2D eigenvalue weighted by Gasteiger charge is -2.37. The van der Waals surface area contributed by atoms with Gasteiger partial charge in [0.05, 0.1) is 18.1 Å². The second-order valence-corrected chi connectivity index (χ2v) is 5.80. The van der Waals surface area contributed by atoms with Gasteiger partial charge in [-0.25, -0.2) is 0 Å². The van der Waals surface area contributed by atoms with E-state index < -0.39 is 6.04 Å². The van der Waals surface area contributed by atoms with Crippen LogP contribution in [0.1, 0.15) is 20.8 Å². The molecule has 6 heteroatoms. The van der Waals surface area contributed by atoms with Crippen molar-refractivity contribution in [3.63, 3.8) is 0 Å². The molecule has 0 saturated carbocycles. The molecule has 2 amide bonds. The predicted molar refractivity (Wildman–Crippen MR) is 75.1 cm³/mol. The van der Waals surface area contributed by atoms with Crippen molar-refractivity contribution in [3.05, 3.63) is 0 Å². The van der Waals surface area contributed by atoms with Crippen molar-refractivity contribution >= 4 is 11.8 Å². The number of likely N-dealkylation sites (N-methyl/N-ethyl adjacent to an activating group) is 1. The molecule has 0 aliphatic carbocycles. The molecule has 5 unspecified atom stereocenters. The van der Waals surface area contributed by atoms with Crippen LogP contribution in [0.15, 0.2) is 0 Å². The van der Waals surface area contributed by atoms with Crippen LogP contribution in [0.4, 0.5) is 0 Å². The molecule has 114 valence electrons. The summed E-state index contributed by atoms with van der Waals surface area (Å²) >= 11 is 0. The molecule has 5 atom stereocenters. The van der Waals surface area contributed by atoms with E-state index in [1.54, 1.807) is 11.9 Å². The van der Waals surface area contributed by atoms with E-state index in [0.717, 1.165) is 6.54 Å². The van der Waals surface area contributed by atoms with Crippen LogP contribution in [0.3, 0.4) is 0 Å². The lowest BCUT2D eigenvalue weighted by molar-refractivity contribution is -0.146. The zero-order valence-corrected chi connectivity index (χ0v) is 12.7. The minimum atomic E-state index is -0.420. The summed E-state index contributed by atoms with van der Waals surface area (Å²) in [5.74, 6) is -0.0461. The van der Waals surface area contributed by atoms with Gasteiger partial charge in [0, 0.05) is 26.7 Å². The Bertz CT molecular complexity index is 388. The molecule has 2 heterocycles. The van der Waals surface area contributed by atoms with E-state index in [4.69, 9.17) is 4.74 Å². The average molecular weight is 283 g/mol. The lowest BCUT2D eigenvalue weighted by Crippen LogP contribution is -2.61. The monoisotopic (exact) mass is 283 g/mol. The Kier molecular flexibility index (Phi) is 4.65. The van der Waals surface area contributed by atoms with Gasteiger partial charge in [-0.3, -0.25) is 9.59 Å². The third kappa shape index (κ3) is 2.67. The number of amides is 2. The summed E-state index contributed by atoms with van der Waals surface area (Å²) in [5, 5.41) is 5.81. The van der Waals surface area contributed by atoms with Crippen LogP contribution in [0.5, 0.6) is 0 Å². The van der Waals surface area contributed by atoms with Crippen LogP contribution in [-0.4, -0.2) is 61.6 Å². The largest absolute Gasteiger partial charge is 0.374 e. The van der Waals surface area contributed by atoms with Crippen LogP contribution in [0.2, 0.25) is 0 Å². The zero-order chi connectivity index (χ0) is 14.9. The van der Waals surface area contributed by atoms with E-state index in [9.17, 15) is 9.59 Å². The van der Waals surface area contributed by atoms with Crippen molar-refractivity contribution < 1.29 is 14.3 Å². The molecule has 6 nitrogen and oxygen atoms in total. The lowest BCUT2D eigenvalue weighted by atomic mass is 9.87. The molecule has 0 radical (unpaired) electrons. The summed E-state index contributed by atoms with van der Waals surface area (Å²) in [5.41, 5.74) is 0. The molecule has 2 fully saturated rings. The highest BCUT2D eigenvalue weighted by atomic mass is 16.5. The standard InChI is InChI=1S/C14H25N3O3/c1-8-9(2)20-10(3)12(8)14(19)17-6-5-16-7-11(17)13(18)15-4/h8-12,16H,5-7H2,1-4H3,(H,15,18). The quantitative estimate of drug-likeness (QED) is 0.723. The Labute approximate surface area is 120 Å². The van der Waals surface area contributed by atoms with Crippen LogP contribution in [0.25, 0.3) is 0 Å². The number of rotatable bonds is 2. The Morgan fingerprint density at radius 3 is 2.50 bits per heavy atom. The molecule has 2 N–H and O–H groups in total. The highest BCUT2D eigenvalue weighted by molar-refractivity contribution is 5.89. The Morgan fingerprint density at radius 2 is 1.95 bits per heavy atom. The fourth-order valence-corrected chi connectivity index (χ4v) is 3.25. The van der Waals surface area contributed by atoms with E-state index in [2.05, 4.69) is 10.6 Å². The summed E-state index contributed by atoms with van der Waals surface area (Å²) in [6, 6.07) is -0.420. The van der Waals surface area contributed by atoms with E-state index in [-0.39, 0.29) is 35.9 Å². The maximum Gasteiger partial charge on any atom is 0.243 e. The number of carbonyl (C=O) groups is 2. The van der Waals surface area contributed by atoms with Gasteiger partial charge in [0.2, 0.25) is 11.8 Å². The van der Waals surface area contributed by atoms with Crippen LogP contribution >= 0.6 is 0 Å². The maximum absolute atomic E-state index is 12.8. The van der Waals surface area contributed by atoms with Crippen molar-refractivity contribution in [1.29, 1.82) is 0 Å². The summed E-state index contributed by atoms with van der Waals surface area (Å²) in [7, 11) is 1.60. The van der Waals surface area contributed by atoms with E-state index >= 15 is 0 Å². The fraction of sp³-hybridized carbons (Fsp3) is 0.857. The zero-order valence-electron chi connectivity index (χ0n) is 12.7. The number of piperazine rings is 1.